The average molecular weight is 374 g/mol. The zero-order valence-corrected chi connectivity index (χ0v) is 15.2. The van der Waals surface area contributed by atoms with Gasteiger partial charge in [-0.3, -0.25) is 14.6 Å². The van der Waals surface area contributed by atoms with E-state index in [1.54, 1.807) is 12.1 Å². The van der Waals surface area contributed by atoms with Gasteiger partial charge in [0.25, 0.3) is 0 Å². The third-order valence-corrected chi connectivity index (χ3v) is 5.09. The molecule has 1 aromatic carbocycles. The summed E-state index contributed by atoms with van der Waals surface area (Å²) in [6.07, 6.45) is 0.515. The molecular formula is C16H22BrClN2O. The summed E-state index contributed by atoms with van der Waals surface area (Å²) in [5, 5.41) is 0.521. The van der Waals surface area contributed by atoms with Gasteiger partial charge in [0, 0.05) is 48.2 Å². The predicted molar refractivity (Wildman–Crippen MR) is 91.2 cm³/mol. The van der Waals surface area contributed by atoms with E-state index < -0.39 is 0 Å². The number of Topliss-reactive ketones (excluding diaryl/α,β-unsaturated/α-hetero) is 1. The van der Waals surface area contributed by atoms with Crippen LogP contribution in [-0.4, -0.2) is 54.3 Å². The molecule has 21 heavy (non-hydrogen) atoms. The zero-order valence-electron chi connectivity index (χ0n) is 12.8. The molecule has 1 aliphatic rings. The number of piperazine rings is 1. The van der Waals surface area contributed by atoms with Gasteiger partial charge < -0.3 is 0 Å². The molecule has 0 saturated carbocycles. The van der Waals surface area contributed by atoms with Gasteiger partial charge in [-0.15, -0.1) is 0 Å². The SMILES string of the molecule is CN1CCN(CCC(=O)c2ccc(Br)cc2Cl)CC1(C)C. The molecule has 0 aromatic heterocycles. The maximum atomic E-state index is 12.3. The molecular weight excluding hydrogens is 352 g/mol. The summed E-state index contributed by atoms with van der Waals surface area (Å²) >= 11 is 9.50. The fourth-order valence-electron chi connectivity index (χ4n) is 2.64. The molecule has 116 valence electrons. The lowest BCUT2D eigenvalue weighted by Crippen LogP contribution is -2.57. The summed E-state index contributed by atoms with van der Waals surface area (Å²) < 4.78 is 0.893. The number of rotatable bonds is 4. The van der Waals surface area contributed by atoms with Crippen LogP contribution in [0.1, 0.15) is 30.6 Å². The highest BCUT2D eigenvalue weighted by Gasteiger charge is 2.30. The standard InChI is InChI=1S/C16H22BrClN2O/c1-16(2)11-20(9-8-19(16)3)7-6-15(21)13-5-4-12(17)10-14(13)18/h4-5,10H,6-9,11H2,1-3H3. The molecule has 0 spiro atoms. The zero-order chi connectivity index (χ0) is 15.6. The van der Waals surface area contributed by atoms with Crippen molar-refractivity contribution in [2.75, 3.05) is 33.2 Å². The van der Waals surface area contributed by atoms with E-state index in [0.29, 0.717) is 17.0 Å². The summed E-state index contributed by atoms with van der Waals surface area (Å²) in [7, 11) is 2.16. The first-order chi connectivity index (χ1) is 9.79. The maximum Gasteiger partial charge on any atom is 0.165 e. The van der Waals surface area contributed by atoms with E-state index in [2.05, 4.69) is 46.6 Å². The van der Waals surface area contributed by atoms with Crippen molar-refractivity contribution >= 4 is 33.3 Å². The van der Waals surface area contributed by atoms with Crippen LogP contribution in [-0.2, 0) is 0 Å². The van der Waals surface area contributed by atoms with Crippen molar-refractivity contribution < 1.29 is 4.79 Å². The van der Waals surface area contributed by atoms with Gasteiger partial charge in [-0.2, -0.15) is 0 Å². The first-order valence-corrected chi connectivity index (χ1v) is 8.38. The third kappa shape index (κ3) is 4.28. The van der Waals surface area contributed by atoms with Gasteiger partial charge in [-0.1, -0.05) is 27.5 Å². The van der Waals surface area contributed by atoms with E-state index in [4.69, 9.17) is 11.6 Å². The molecule has 1 saturated heterocycles. The fourth-order valence-corrected chi connectivity index (χ4v) is 3.42. The number of carbonyl (C=O) groups is 1. The summed E-state index contributed by atoms with van der Waals surface area (Å²) in [6, 6.07) is 5.43. The lowest BCUT2D eigenvalue weighted by molar-refractivity contribution is 0.0390. The smallest absolute Gasteiger partial charge is 0.165 e. The molecule has 1 fully saturated rings. The Morgan fingerprint density at radius 1 is 1.38 bits per heavy atom. The lowest BCUT2D eigenvalue weighted by atomic mass is 9.99. The normalized spacial score (nSPS) is 19.7. The second-order valence-corrected chi connectivity index (χ2v) is 7.63. The average Bonchev–Trinajstić information content (AvgIpc) is 2.39. The Morgan fingerprint density at radius 2 is 2.10 bits per heavy atom. The molecule has 0 amide bonds. The van der Waals surface area contributed by atoms with Crippen LogP contribution in [0.3, 0.4) is 0 Å². The molecule has 0 aliphatic carbocycles. The van der Waals surface area contributed by atoms with Gasteiger partial charge in [0.2, 0.25) is 0 Å². The first kappa shape index (κ1) is 16.9. The number of benzene rings is 1. The quantitative estimate of drug-likeness (QED) is 0.752. The van der Waals surface area contributed by atoms with Crippen LogP contribution in [0.4, 0.5) is 0 Å². The summed E-state index contributed by atoms with van der Waals surface area (Å²) in [4.78, 5) is 17.0. The van der Waals surface area contributed by atoms with Crippen LogP contribution in [0.5, 0.6) is 0 Å². The van der Waals surface area contributed by atoms with Crippen molar-refractivity contribution in [1.29, 1.82) is 0 Å². The molecule has 1 heterocycles. The Kier molecular flexibility index (Phi) is 5.47. The Hall–Kier alpha value is -0.420. The monoisotopic (exact) mass is 372 g/mol. The number of nitrogens with zero attached hydrogens (tertiary/aromatic N) is 2. The van der Waals surface area contributed by atoms with Crippen LogP contribution in [0.2, 0.25) is 5.02 Å². The highest BCUT2D eigenvalue weighted by molar-refractivity contribution is 9.10. The van der Waals surface area contributed by atoms with Gasteiger partial charge in [0.15, 0.2) is 5.78 Å². The van der Waals surface area contributed by atoms with E-state index in [1.807, 2.05) is 6.07 Å². The fraction of sp³-hybridized carbons (Fsp3) is 0.562. The minimum Gasteiger partial charge on any atom is -0.300 e. The van der Waals surface area contributed by atoms with E-state index in [9.17, 15) is 4.79 Å². The molecule has 1 aromatic rings. The Balaban J connectivity index is 1.92. The van der Waals surface area contributed by atoms with Crippen LogP contribution in [0.25, 0.3) is 0 Å². The summed E-state index contributed by atoms with van der Waals surface area (Å²) in [6.45, 7) is 8.33. The first-order valence-electron chi connectivity index (χ1n) is 7.21. The molecule has 0 radical (unpaired) electrons. The Morgan fingerprint density at radius 3 is 2.71 bits per heavy atom. The van der Waals surface area contributed by atoms with E-state index in [0.717, 1.165) is 30.7 Å². The van der Waals surface area contributed by atoms with Crippen LogP contribution >= 0.6 is 27.5 Å². The summed E-state index contributed by atoms with van der Waals surface area (Å²) in [5.41, 5.74) is 0.782. The van der Waals surface area contributed by atoms with Crippen molar-refractivity contribution in [3.63, 3.8) is 0 Å². The molecule has 0 atom stereocenters. The highest BCUT2D eigenvalue weighted by Crippen LogP contribution is 2.23. The predicted octanol–water partition coefficient (Wildman–Crippen LogP) is 3.70. The molecule has 3 nitrogen and oxygen atoms in total. The van der Waals surface area contributed by atoms with E-state index >= 15 is 0 Å². The van der Waals surface area contributed by atoms with Gasteiger partial charge in [-0.05, 0) is 39.1 Å². The molecule has 5 heteroatoms. The minimum absolute atomic E-state index is 0.115. The molecule has 2 rings (SSSR count). The maximum absolute atomic E-state index is 12.3. The largest absolute Gasteiger partial charge is 0.300 e. The van der Waals surface area contributed by atoms with Crippen molar-refractivity contribution in [3.8, 4) is 0 Å². The number of hydrogen-bond acceptors (Lipinski definition) is 3. The Labute approximate surface area is 140 Å². The van der Waals surface area contributed by atoms with Crippen molar-refractivity contribution in [2.45, 2.75) is 25.8 Å². The van der Waals surface area contributed by atoms with Crippen LogP contribution in [0, 0.1) is 0 Å². The number of halogens is 2. The van der Waals surface area contributed by atoms with Crippen LogP contribution < -0.4 is 0 Å². The third-order valence-electron chi connectivity index (χ3n) is 4.28. The number of hydrogen-bond donors (Lipinski definition) is 0. The van der Waals surface area contributed by atoms with Gasteiger partial charge in [0.05, 0.1) is 5.02 Å². The van der Waals surface area contributed by atoms with Crippen molar-refractivity contribution in [2.24, 2.45) is 0 Å². The second-order valence-electron chi connectivity index (χ2n) is 6.31. The van der Waals surface area contributed by atoms with E-state index in [1.165, 1.54) is 0 Å². The van der Waals surface area contributed by atoms with Gasteiger partial charge in [0.1, 0.15) is 0 Å². The lowest BCUT2D eigenvalue weighted by Gasteiger charge is -2.45. The van der Waals surface area contributed by atoms with Gasteiger partial charge >= 0.3 is 0 Å². The highest BCUT2D eigenvalue weighted by atomic mass is 79.9. The summed E-state index contributed by atoms with van der Waals surface area (Å²) in [5.74, 6) is 0.115. The van der Waals surface area contributed by atoms with Gasteiger partial charge in [-0.25, -0.2) is 0 Å². The Bertz CT molecular complexity index is 533. The van der Waals surface area contributed by atoms with Crippen LogP contribution in [0.15, 0.2) is 22.7 Å². The number of likely N-dealkylation sites (N-methyl/N-ethyl adjacent to an activating group) is 1. The molecule has 0 bridgehead atoms. The topological polar surface area (TPSA) is 23.6 Å². The molecule has 0 N–H and O–H groups in total. The van der Waals surface area contributed by atoms with Crippen molar-refractivity contribution in [3.05, 3.63) is 33.3 Å². The minimum atomic E-state index is 0.115. The molecule has 0 unspecified atom stereocenters. The van der Waals surface area contributed by atoms with E-state index in [-0.39, 0.29) is 11.3 Å². The number of ketones is 1. The number of carbonyl (C=O) groups excluding carboxylic acids is 1. The second kappa shape index (κ2) is 6.78. The van der Waals surface area contributed by atoms with Crippen molar-refractivity contribution in [1.82, 2.24) is 9.80 Å². The molecule has 1 aliphatic heterocycles.